The maximum atomic E-state index is 12.8. The summed E-state index contributed by atoms with van der Waals surface area (Å²) in [5.74, 6) is -1.72. The van der Waals surface area contributed by atoms with Crippen LogP contribution in [0.5, 0.6) is 0 Å². The third-order valence-electron chi connectivity index (χ3n) is 2.90. The summed E-state index contributed by atoms with van der Waals surface area (Å²) in [5.41, 5.74) is 0.353. The Morgan fingerprint density at radius 1 is 1.00 bits per heavy atom. The zero-order chi connectivity index (χ0) is 18.1. The van der Waals surface area contributed by atoms with Crippen molar-refractivity contribution in [1.82, 2.24) is 0 Å². The van der Waals surface area contributed by atoms with Gasteiger partial charge in [0, 0.05) is 19.4 Å². The van der Waals surface area contributed by atoms with Gasteiger partial charge in [-0.3, -0.25) is 14.4 Å². The highest BCUT2D eigenvalue weighted by Crippen LogP contribution is 2.08. The van der Waals surface area contributed by atoms with Crippen molar-refractivity contribution in [2.24, 2.45) is 0 Å². The van der Waals surface area contributed by atoms with Gasteiger partial charge in [-0.1, -0.05) is 12.2 Å². The molecule has 1 rings (SSSR count). The van der Waals surface area contributed by atoms with Crippen LogP contribution in [0.15, 0.2) is 48.6 Å². The highest BCUT2D eigenvalue weighted by atomic mass is 19.1. The largest absolute Gasteiger partial charge is 0.459 e. The van der Waals surface area contributed by atoms with Gasteiger partial charge in [-0.2, -0.15) is 0 Å². The standard InChI is InChI=1S/C18H19FO5/c1-12(23-13(2)20)18(24-14(3)21)7-5-4-6-17(22)15-8-10-16(19)11-9-15/h4-12,18H,1-3H3/b6-4+,7-5+/t12-,18+/m0/s1. The Hall–Kier alpha value is -2.76. The lowest BCUT2D eigenvalue weighted by atomic mass is 10.1. The summed E-state index contributed by atoms with van der Waals surface area (Å²) in [6, 6.07) is 5.18. The Morgan fingerprint density at radius 2 is 1.58 bits per heavy atom. The van der Waals surface area contributed by atoms with Crippen LogP contribution >= 0.6 is 0 Å². The summed E-state index contributed by atoms with van der Waals surface area (Å²) < 4.78 is 22.8. The van der Waals surface area contributed by atoms with Gasteiger partial charge >= 0.3 is 11.9 Å². The molecule has 0 radical (unpaired) electrons. The summed E-state index contributed by atoms with van der Waals surface area (Å²) in [6.07, 6.45) is 4.34. The minimum absolute atomic E-state index is 0.295. The van der Waals surface area contributed by atoms with Crippen LogP contribution in [0.2, 0.25) is 0 Å². The fourth-order valence-corrected chi connectivity index (χ4v) is 1.84. The molecule has 0 aliphatic carbocycles. The van der Waals surface area contributed by atoms with Gasteiger partial charge in [0.15, 0.2) is 11.9 Å². The smallest absolute Gasteiger partial charge is 0.303 e. The van der Waals surface area contributed by atoms with Crippen LogP contribution in [0.1, 0.15) is 31.1 Å². The SMILES string of the molecule is CC(=O)O[C@@H](C)[C@@H](/C=C/C=C/C(=O)c1ccc(F)cc1)OC(C)=O. The van der Waals surface area contributed by atoms with Crippen molar-refractivity contribution in [2.45, 2.75) is 33.0 Å². The number of ether oxygens (including phenoxy) is 2. The zero-order valence-corrected chi connectivity index (χ0v) is 13.7. The van der Waals surface area contributed by atoms with E-state index in [0.717, 1.165) is 0 Å². The first-order valence-corrected chi connectivity index (χ1v) is 7.29. The van der Waals surface area contributed by atoms with Gasteiger partial charge in [-0.05, 0) is 43.3 Å². The Kier molecular flexibility index (Phi) is 7.55. The van der Waals surface area contributed by atoms with E-state index in [1.165, 1.54) is 62.4 Å². The molecule has 2 atom stereocenters. The first-order valence-electron chi connectivity index (χ1n) is 7.29. The van der Waals surface area contributed by atoms with Gasteiger partial charge in [-0.25, -0.2) is 4.39 Å². The molecule has 0 saturated carbocycles. The average Bonchev–Trinajstić information content (AvgIpc) is 2.49. The Bertz CT molecular complexity index is 646. The van der Waals surface area contributed by atoms with Gasteiger partial charge in [0.25, 0.3) is 0 Å². The lowest BCUT2D eigenvalue weighted by molar-refractivity contribution is -0.160. The Balaban J connectivity index is 2.71. The fraction of sp³-hybridized carbons (Fsp3) is 0.278. The monoisotopic (exact) mass is 334 g/mol. The van der Waals surface area contributed by atoms with E-state index >= 15 is 0 Å². The number of ketones is 1. The molecule has 5 nitrogen and oxygen atoms in total. The van der Waals surface area contributed by atoms with Gasteiger partial charge in [0.1, 0.15) is 11.9 Å². The highest BCUT2D eigenvalue weighted by Gasteiger charge is 2.19. The molecule has 0 aliphatic rings. The van der Waals surface area contributed by atoms with E-state index in [2.05, 4.69) is 0 Å². The minimum atomic E-state index is -0.767. The molecule has 24 heavy (non-hydrogen) atoms. The summed E-state index contributed by atoms with van der Waals surface area (Å²) in [4.78, 5) is 33.9. The predicted molar refractivity (Wildman–Crippen MR) is 85.8 cm³/mol. The van der Waals surface area contributed by atoms with E-state index in [-0.39, 0.29) is 5.78 Å². The van der Waals surface area contributed by atoms with Crippen LogP contribution in [0.25, 0.3) is 0 Å². The lowest BCUT2D eigenvalue weighted by Gasteiger charge is -2.20. The number of benzene rings is 1. The third-order valence-corrected chi connectivity index (χ3v) is 2.90. The number of hydrogen-bond acceptors (Lipinski definition) is 5. The molecular formula is C18H19FO5. The van der Waals surface area contributed by atoms with E-state index < -0.39 is 30.0 Å². The topological polar surface area (TPSA) is 69.7 Å². The Morgan fingerprint density at radius 3 is 2.12 bits per heavy atom. The first kappa shape index (κ1) is 19.3. The van der Waals surface area contributed by atoms with E-state index in [1.807, 2.05) is 0 Å². The van der Waals surface area contributed by atoms with E-state index in [9.17, 15) is 18.8 Å². The van der Waals surface area contributed by atoms with Crippen molar-refractivity contribution in [2.75, 3.05) is 0 Å². The molecule has 0 aliphatic heterocycles. The zero-order valence-electron chi connectivity index (χ0n) is 13.7. The van der Waals surface area contributed by atoms with Gasteiger partial charge in [0.2, 0.25) is 0 Å². The lowest BCUT2D eigenvalue weighted by Crippen LogP contribution is -2.30. The molecule has 128 valence electrons. The maximum absolute atomic E-state index is 12.8. The van der Waals surface area contributed by atoms with Gasteiger partial charge < -0.3 is 9.47 Å². The molecule has 0 spiro atoms. The molecule has 1 aromatic rings. The average molecular weight is 334 g/mol. The second-order valence-electron chi connectivity index (χ2n) is 5.00. The molecular weight excluding hydrogens is 315 g/mol. The molecule has 0 N–H and O–H groups in total. The second-order valence-corrected chi connectivity index (χ2v) is 5.00. The van der Waals surface area contributed by atoms with Crippen molar-refractivity contribution in [3.05, 3.63) is 60.0 Å². The molecule has 0 fully saturated rings. The molecule has 1 aromatic carbocycles. The number of esters is 2. The number of carbonyl (C=O) groups is 3. The van der Waals surface area contributed by atoms with Gasteiger partial charge in [0.05, 0.1) is 0 Å². The maximum Gasteiger partial charge on any atom is 0.303 e. The summed E-state index contributed by atoms with van der Waals surface area (Å²) in [6.45, 7) is 4.09. The summed E-state index contributed by atoms with van der Waals surface area (Å²) >= 11 is 0. The molecule has 0 bridgehead atoms. The van der Waals surface area contributed by atoms with Crippen LogP contribution in [-0.4, -0.2) is 29.9 Å². The van der Waals surface area contributed by atoms with Crippen molar-refractivity contribution in [3.63, 3.8) is 0 Å². The highest BCUT2D eigenvalue weighted by molar-refractivity contribution is 6.04. The molecule has 0 amide bonds. The number of carbonyl (C=O) groups excluding carboxylic acids is 3. The summed E-state index contributed by atoms with van der Waals surface area (Å²) in [7, 11) is 0. The van der Waals surface area contributed by atoms with E-state index in [0.29, 0.717) is 5.56 Å². The normalized spacial score (nSPS) is 13.7. The van der Waals surface area contributed by atoms with Crippen LogP contribution < -0.4 is 0 Å². The van der Waals surface area contributed by atoms with Crippen molar-refractivity contribution < 1.29 is 28.2 Å². The first-order chi connectivity index (χ1) is 11.3. The van der Waals surface area contributed by atoms with E-state index in [1.54, 1.807) is 6.92 Å². The minimum Gasteiger partial charge on any atom is -0.459 e. The molecule has 0 heterocycles. The van der Waals surface area contributed by atoms with Crippen molar-refractivity contribution >= 4 is 17.7 Å². The van der Waals surface area contributed by atoms with Crippen LogP contribution in [0.4, 0.5) is 4.39 Å². The number of halogens is 1. The molecule has 0 unspecified atom stereocenters. The fourth-order valence-electron chi connectivity index (χ4n) is 1.84. The predicted octanol–water partition coefficient (Wildman–Crippen LogP) is 3.00. The van der Waals surface area contributed by atoms with Crippen molar-refractivity contribution in [1.29, 1.82) is 0 Å². The van der Waals surface area contributed by atoms with Crippen LogP contribution in [0.3, 0.4) is 0 Å². The van der Waals surface area contributed by atoms with Crippen LogP contribution in [0, 0.1) is 5.82 Å². The number of hydrogen-bond donors (Lipinski definition) is 0. The number of rotatable bonds is 7. The second kappa shape index (κ2) is 9.39. The van der Waals surface area contributed by atoms with Crippen molar-refractivity contribution in [3.8, 4) is 0 Å². The van der Waals surface area contributed by atoms with E-state index in [4.69, 9.17) is 9.47 Å². The molecule has 0 aromatic heterocycles. The van der Waals surface area contributed by atoms with Gasteiger partial charge in [-0.15, -0.1) is 0 Å². The summed E-state index contributed by atoms with van der Waals surface area (Å²) in [5, 5.41) is 0. The molecule has 6 heteroatoms. The Labute approximate surface area is 139 Å². The quantitative estimate of drug-likeness (QED) is 0.332. The number of allylic oxidation sites excluding steroid dienone is 3. The third kappa shape index (κ3) is 7.00. The molecule has 0 saturated heterocycles. The van der Waals surface area contributed by atoms with Crippen LogP contribution in [-0.2, 0) is 19.1 Å².